The minimum atomic E-state index is -0.147. The Balaban J connectivity index is 2.23. The highest BCUT2D eigenvalue weighted by Gasteiger charge is 2.10. The molecule has 0 aliphatic heterocycles. The molecule has 0 unspecified atom stereocenters. The van der Waals surface area contributed by atoms with Crippen LogP contribution in [-0.2, 0) is 4.79 Å². The molecule has 0 heterocycles. The van der Waals surface area contributed by atoms with Gasteiger partial charge >= 0.3 is 0 Å². The molecule has 0 radical (unpaired) electrons. The van der Waals surface area contributed by atoms with Crippen LogP contribution in [0, 0.1) is 13.8 Å². The van der Waals surface area contributed by atoms with Crippen LogP contribution in [0.15, 0.2) is 36.4 Å². The predicted molar refractivity (Wildman–Crippen MR) is 112 cm³/mol. The number of hydrogen-bond acceptors (Lipinski definition) is 5. The van der Waals surface area contributed by atoms with E-state index in [0.29, 0.717) is 11.5 Å². The maximum Gasteiger partial charge on any atom is 0.178 e. The molecule has 0 aliphatic carbocycles. The second kappa shape index (κ2) is 9.65. The first kappa shape index (κ1) is 21.1. The Morgan fingerprint density at radius 2 is 1.07 bits per heavy atom. The second-order valence-electron chi connectivity index (χ2n) is 6.10. The lowest BCUT2D eigenvalue weighted by Crippen LogP contribution is -1.96. The molecular weight excluding hydrogens is 356 g/mol. The monoisotopic (exact) mass is 382 g/mol. The summed E-state index contributed by atoms with van der Waals surface area (Å²) in [5, 5.41) is 0. The average Bonchev–Trinajstić information content (AvgIpc) is 2.70. The van der Waals surface area contributed by atoms with Gasteiger partial charge in [0.05, 0.1) is 28.4 Å². The molecule has 0 bridgehead atoms. The van der Waals surface area contributed by atoms with Crippen LogP contribution >= 0.6 is 0 Å². The molecule has 2 aromatic rings. The highest BCUT2D eigenvalue weighted by Crippen LogP contribution is 2.33. The first-order valence-corrected chi connectivity index (χ1v) is 8.80. The number of methoxy groups -OCH3 is 4. The summed E-state index contributed by atoms with van der Waals surface area (Å²) in [5.74, 6) is 2.69. The maximum atomic E-state index is 12.3. The van der Waals surface area contributed by atoms with Gasteiger partial charge in [-0.3, -0.25) is 4.79 Å². The van der Waals surface area contributed by atoms with Crippen molar-refractivity contribution in [3.8, 4) is 23.0 Å². The van der Waals surface area contributed by atoms with E-state index >= 15 is 0 Å². The molecule has 148 valence electrons. The third kappa shape index (κ3) is 4.55. The first-order chi connectivity index (χ1) is 13.5. The molecule has 2 rings (SSSR count). The molecule has 5 nitrogen and oxygen atoms in total. The number of ketones is 1. The smallest absolute Gasteiger partial charge is 0.178 e. The molecule has 0 aromatic heterocycles. The molecule has 0 saturated heterocycles. The van der Waals surface area contributed by atoms with Crippen LogP contribution in [0.25, 0.3) is 12.2 Å². The second-order valence-corrected chi connectivity index (χ2v) is 6.10. The number of allylic oxidation sites excluding steroid dienone is 2. The fraction of sp³-hybridized carbons (Fsp3) is 0.261. The Bertz CT molecular complexity index is 836. The summed E-state index contributed by atoms with van der Waals surface area (Å²) in [6.45, 7) is 3.82. The van der Waals surface area contributed by atoms with Crippen molar-refractivity contribution < 1.29 is 23.7 Å². The summed E-state index contributed by atoms with van der Waals surface area (Å²) < 4.78 is 21.5. The summed E-state index contributed by atoms with van der Waals surface area (Å²) in [6.07, 6.45) is 6.47. The van der Waals surface area contributed by atoms with Crippen LogP contribution < -0.4 is 18.9 Å². The zero-order chi connectivity index (χ0) is 20.7. The van der Waals surface area contributed by atoms with Gasteiger partial charge in [0, 0.05) is 22.3 Å². The van der Waals surface area contributed by atoms with E-state index in [0.717, 1.165) is 33.8 Å². The molecule has 0 saturated carbocycles. The van der Waals surface area contributed by atoms with Gasteiger partial charge < -0.3 is 18.9 Å². The van der Waals surface area contributed by atoms with E-state index < -0.39 is 0 Å². The van der Waals surface area contributed by atoms with Crippen LogP contribution in [0.2, 0.25) is 0 Å². The fourth-order valence-electron chi connectivity index (χ4n) is 3.04. The third-order valence-electron chi connectivity index (χ3n) is 4.48. The average molecular weight is 382 g/mol. The summed E-state index contributed by atoms with van der Waals surface area (Å²) >= 11 is 0. The fourth-order valence-corrected chi connectivity index (χ4v) is 3.04. The molecule has 28 heavy (non-hydrogen) atoms. The topological polar surface area (TPSA) is 54.0 Å². The standard InChI is InChI=1S/C23H26O5/c1-15-20(25-3)13-9-17(22(15)27-5)7-11-19(24)12-8-18-10-14-21(26-4)16(2)23(18)28-6/h7-14H,1-6H3. The molecule has 0 atom stereocenters. The van der Waals surface area contributed by atoms with E-state index in [4.69, 9.17) is 18.9 Å². The van der Waals surface area contributed by atoms with Crippen LogP contribution in [-0.4, -0.2) is 34.2 Å². The number of carbonyl (C=O) groups is 1. The van der Waals surface area contributed by atoms with Crippen molar-refractivity contribution in [2.75, 3.05) is 28.4 Å². The first-order valence-electron chi connectivity index (χ1n) is 8.80. The van der Waals surface area contributed by atoms with Crippen molar-refractivity contribution in [2.24, 2.45) is 0 Å². The molecule has 0 aliphatic rings. The highest BCUT2D eigenvalue weighted by atomic mass is 16.5. The van der Waals surface area contributed by atoms with Gasteiger partial charge in [-0.1, -0.05) is 0 Å². The largest absolute Gasteiger partial charge is 0.496 e. The lowest BCUT2D eigenvalue weighted by molar-refractivity contribution is -0.110. The third-order valence-corrected chi connectivity index (χ3v) is 4.48. The normalized spacial score (nSPS) is 11.1. The summed E-state index contributed by atoms with van der Waals surface area (Å²) in [4.78, 5) is 12.3. The quantitative estimate of drug-likeness (QED) is 0.623. The van der Waals surface area contributed by atoms with Crippen LogP contribution in [0.1, 0.15) is 22.3 Å². The lowest BCUT2D eigenvalue weighted by Gasteiger charge is -2.12. The summed E-state index contributed by atoms with van der Waals surface area (Å²) in [6, 6.07) is 7.41. The van der Waals surface area contributed by atoms with Gasteiger partial charge in [0.1, 0.15) is 23.0 Å². The molecule has 0 amide bonds. The zero-order valence-electron chi connectivity index (χ0n) is 17.2. The van der Waals surface area contributed by atoms with Crippen LogP contribution in [0.4, 0.5) is 0 Å². The van der Waals surface area contributed by atoms with Gasteiger partial charge in [0.25, 0.3) is 0 Å². The maximum absolute atomic E-state index is 12.3. The van der Waals surface area contributed by atoms with Crippen molar-refractivity contribution in [3.63, 3.8) is 0 Å². The van der Waals surface area contributed by atoms with Gasteiger partial charge in [-0.25, -0.2) is 0 Å². The Labute approximate surface area is 166 Å². The van der Waals surface area contributed by atoms with Gasteiger partial charge in [0.15, 0.2) is 5.78 Å². The van der Waals surface area contributed by atoms with Crippen molar-refractivity contribution in [3.05, 3.63) is 58.7 Å². The SMILES string of the molecule is COc1ccc(C=CC(=O)C=Cc2ccc(OC)c(C)c2OC)c(OC)c1C. The van der Waals surface area contributed by atoms with E-state index in [1.54, 1.807) is 40.6 Å². The minimum absolute atomic E-state index is 0.147. The van der Waals surface area contributed by atoms with E-state index in [1.165, 1.54) is 12.2 Å². The summed E-state index contributed by atoms with van der Waals surface area (Å²) in [5.41, 5.74) is 3.38. The highest BCUT2D eigenvalue weighted by molar-refractivity contribution is 6.04. The van der Waals surface area contributed by atoms with Crippen molar-refractivity contribution in [1.29, 1.82) is 0 Å². The molecule has 0 spiro atoms. The molecule has 0 N–H and O–H groups in total. The minimum Gasteiger partial charge on any atom is -0.496 e. The van der Waals surface area contributed by atoms with Crippen molar-refractivity contribution in [2.45, 2.75) is 13.8 Å². The van der Waals surface area contributed by atoms with Crippen molar-refractivity contribution in [1.82, 2.24) is 0 Å². The Hall–Kier alpha value is -3.21. The summed E-state index contributed by atoms with van der Waals surface area (Å²) in [7, 11) is 6.42. The van der Waals surface area contributed by atoms with E-state index in [2.05, 4.69) is 0 Å². The Kier molecular flexibility index (Phi) is 7.27. The molecular formula is C23H26O5. The van der Waals surface area contributed by atoms with Gasteiger partial charge in [-0.05, 0) is 62.4 Å². The number of benzene rings is 2. The predicted octanol–water partition coefficient (Wildman–Crippen LogP) is 4.63. The number of carbonyl (C=O) groups excluding carboxylic acids is 1. The molecule has 5 heteroatoms. The number of ether oxygens (including phenoxy) is 4. The van der Waals surface area contributed by atoms with Gasteiger partial charge in [0.2, 0.25) is 0 Å². The van der Waals surface area contributed by atoms with Crippen LogP contribution in [0.3, 0.4) is 0 Å². The zero-order valence-corrected chi connectivity index (χ0v) is 17.2. The number of rotatable bonds is 8. The Morgan fingerprint density at radius 1 is 0.679 bits per heavy atom. The van der Waals surface area contributed by atoms with Crippen LogP contribution in [0.5, 0.6) is 23.0 Å². The van der Waals surface area contributed by atoms with Gasteiger partial charge in [-0.15, -0.1) is 0 Å². The molecule has 0 fully saturated rings. The van der Waals surface area contributed by atoms with E-state index in [-0.39, 0.29) is 5.78 Å². The Morgan fingerprint density at radius 3 is 1.39 bits per heavy atom. The number of hydrogen-bond donors (Lipinski definition) is 0. The lowest BCUT2D eigenvalue weighted by atomic mass is 10.1. The van der Waals surface area contributed by atoms with E-state index in [1.807, 2.05) is 38.1 Å². The van der Waals surface area contributed by atoms with Crippen molar-refractivity contribution >= 4 is 17.9 Å². The van der Waals surface area contributed by atoms with Gasteiger partial charge in [-0.2, -0.15) is 0 Å². The molecule has 2 aromatic carbocycles. The van der Waals surface area contributed by atoms with E-state index in [9.17, 15) is 4.79 Å².